The molecule has 1 saturated heterocycles. The maximum absolute atomic E-state index is 12.7. The molecule has 5 nitrogen and oxygen atoms in total. The van der Waals surface area contributed by atoms with E-state index >= 15 is 0 Å². The Bertz CT molecular complexity index is 754. The summed E-state index contributed by atoms with van der Waals surface area (Å²) >= 11 is 0. The van der Waals surface area contributed by atoms with Gasteiger partial charge in [-0.2, -0.15) is 0 Å². The Morgan fingerprint density at radius 3 is 2.00 bits per heavy atom. The Kier molecular flexibility index (Phi) is 4.49. The van der Waals surface area contributed by atoms with Gasteiger partial charge in [-0.25, -0.2) is 9.80 Å². The minimum absolute atomic E-state index is 0.217. The largest absolute Gasteiger partial charge is 0.442 e. The topological polar surface area (TPSA) is 58.6 Å². The van der Waals surface area contributed by atoms with Crippen LogP contribution in [0.3, 0.4) is 0 Å². The summed E-state index contributed by atoms with van der Waals surface area (Å²) in [6, 6.07) is 18.5. The van der Waals surface area contributed by atoms with Gasteiger partial charge in [-0.05, 0) is 31.9 Å². The fraction of sp³-hybridized carbons (Fsp3) is 0.300. The molecule has 1 heterocycles. The van der Waals surface area contributed by atoms with Crippen molar-refractivity contribution in [3.8, 4) is 0 Å². The molecule has 1 N–H and O–H groups in total. The zero-order chi connectivity index (χ0) is 18.0. The van der Waals surface area contributed by atoms with Crippen molar-refractivity contribution in [1.29, 1.82) is 0 Å². The SMILES string of the molecule is CC(C)(C)OC(=O)N1NC(=O)[C@@H](c2ccccc2)[C@@H]1c1ccccc1. The number of hydrogen-bond acceptors (Lipinski definition) is 3. The fourth-order valence-electron chi connectivity index (χ4n) is 3.01. The van der Waals surface area contributed by atoms with Crippen LogP contribution in [0.1, 0.15) is 43.9 Å². The highest BCUT2D eigenvalue weighted by atomic mass is 16.6. The van der Waals surface area contributed by atoms with Gasteiger partial charge in [-0.15, -0.1) is 0 Å². The number of carbonyl (C=O) groups is 2. The molecule has 25 heavy (non-hydrogen) atoms. The first kappa shape index (κ1) is 17.0. The zero-order valence-corrected chi connectivity index (χ0v) is 14.6. The number of hydrogen-bond donors (Lipinski definition) is 1. The first-order chi connectivity index (χ1) is 11.9. The van der Waals surface area contributed by atoms with E-state index < -0.39 is 23.7 Å². The Labute approximate surface area is 147 Å². The van der Waals surface area contributed by atoms with Crippen molar-refractivity contribution in [2.45, 2.75) is 38.3 Å². The van der Waals surface area contributed by atoms with Gasteiger partial charge in [0.1, 0.15) is 5.60 Å². The van der Waals surface area contributed by atoms with E-state index in [1.807, 2.05) is 60.7 Å². The van der Waals surface area contributed by atoms with Crippen LogP contribution in [-0.2, 0) is 9.53 Å². The summed E-state index contributed by atoms with van der Waals surface area (Å²) in [5, 5.41) is 1.31. The van der Waals surface area contributed by atoms with Crippen LogP contribution in [-0.4, -0.2) is 22.6 Å². The number of nitrogens with one attached hydrogen (secondary N) is 1. The van der Waals surface area contributed by atoms with E-state index in [0.717, 1.165) is 11.1 Å². The number of nitrogens with zero attached hydrogens (tertiary/aromatic N) is 1. The fourth-order valence-corrected chi connectivity index (χ4v) is 3.01. The van der Waals surface area contributed by atoms with Gasteiger partial charge in [0.25, 0.3) is 0 Å². The molecular weight excluding hydrogens is 316 g/mol. The Morgan fingerprint density at radius 1 is 0.960 bits per heavy atom. The molecule has 2 atom stereocenters. The number of hydrazine groups is 1. The van der Waals surface area contributed by atoms with Crippen LogP contribution in [0.5, 0.6) is 0 Å². The zero-order valence-electron chi connectivity index (χ0n) is 14.6. The predicted octanol–water partition coefficient (Wildman–Crippen LogP) is 3.79. The smallest absolute Gasteiger partial charge is 0.429 e. The molecule has 0 aliphatic carbocycles. The first-order valence-electron chi connectivity index (χ1n) is 8.29. The highest BCUT2D eigenvalue weighted by Crippen LogP contribution is 2.40. The lowest BCUT2D eigenvalue weighted by atomic mass is 9.88. The molecule has 1 fully saturated rings. The Morgan fingerprint density at radius 2 is 1.48 bits per heavy atom. The van der Waals surface area contributed by atoms with Crippen molar-refractivity contribution in [1.82, 2.24) is 10.4 Å². The highest BCUT2D eigenvalue weighted by molar-refractivity contribution is 5.90. The maximum atomic E-state index is 12.7. The molecule has 0 radical (unpaired) electrons. The van der Waals surface area contributed by atoms with E-state index in [4.69, 9.17) is 4.74 Å². The van der Waals surface area contributed by atoms with Gasteiger partial charge in [0, 0.05) is 0 Å². The second kappa shape index (κ2) is 6.59. The third-order valence-corrected chi connectivity index (χ3v) is 4.00. The molecule has 1 aliphatic rings. The summed E-state index contributed by atoms with van der Waals surface area (Å²) in [7, 11) is 0. The maximum Gasteiger partial charge on any atom is 0.429 e. The molecule has 130 valence electrons. The first-order valence-corrected chi connectivity index (χ1v) is 8.29. The summed E-state index contributed by atoms with van der Waals surface area (Å²) < 4.78 is 5.48. The van der Waals surface area contributed by atoms with Crippen molar-refractivity contribution in [3.05, 3.63) is 71.8 Å². The molecule has 2 aromatic rings. The van der Waals surface area contributed by atoms with E-state index in [1.54, 1.807) is 20.8 Å². The summed E-state index contributed by atoms with van der Waals surface area (Å²) in [5.41, 5.74) is 3.78. The summed E-state index contributed by atoms with van der Waals surface area (Å²) in [4.78, 5) is 25.3. The molecular formula is C20H22N2O3. The summed E-state index contributed by atoms with van der Waals surface area (Å²) in [5.74, 6) is -0.706. The number of rotatable bonds is 2. The number of carbonyl (C=O) groups excluding carboxylic acids is 2. The van der Waals surface area contributed by atoms with Crippen LogP contribution >= 0.6 is 0 Å². The number of amides is 2. The molecule has 0 spiro atoms. The molecule has 0 saturated carbocycles. The molecule has 5 heteroatoms. The second-order valence-electron chi connectivity index (χ2n) is 7.07. The lowest BCUT2D eigenvalue weighted by Crippen LogP contribution is -2.43. The minimum atomic E-state index is -0.645. The average molecular weight is 338 g/mol. The molecule has 0 bridgehead atoms. The van der Waals surface area contributed by atoms with Crippen molar-refractivity contribution >= 4 is 12.0 Å². The van der Waals surface area contributed by atoms with Crippen LogP contribution in [0.4, 0.5) is 4.79 Å². The van der Waals surface area contributed by atoms with Gasteiger partial charge in [0.2, 0.25) is 5.91 Å². The standard InChI is InChI=1S/C20H22N2O3/c1-20(2,3)25-19(24)22-17(15-12-8-5-9-13-15)16(18(23)21-22)14-10-6-4-7-11-14/h4-13,16-17H,1-3H3,(H,21,23)/t16-,17-/m0/s1. The minimum Gasteiger partial charge on any atom is -0.442 e. The van der Waals surface area contributed by atoms with Gasteiger partial charge in [0.05, 0.1) is 12.0 Å². The van der Waals surface area contributed by atoms with Crippen LogP contribution in [0.2, 0.25) is 0 Å². The van der Waals surface area contributed by atoms with Crippen molar-refractivity contribution < 1.29 is 14.3 Å². The van der Waals surface area contributed by atoms with E-state index in [-0.39, 0.29) is 5.91 Å². The quantitative estimate of drug-likeness (QED) is 0.906. The van der Waals surface area contributed by atoms with Gasteiger partial charge < -0.3 is 4.74 Å². The lowest BCUT2D eigenvalue weighted by Gasteiger charge is -2.29. The van der Waals surface area contributed by atoms with Gasteiger partial charge in [-0.3, -0.25) is 10.2 Å². The van der Waals surface area contributed by atoms with E-state index in [2.05, 4.69) is 5.43 Å². The van der Waals surface area contributed by atoms with Crippen LogP contribution < -0.4 is 5.43 Å². The van der Waals surface area contributed by atoms with E-state index in [9.17, 15) is 9.59 Å². The van der Waals surface area contributed by atoms with E-state index in [0.29, 0.717) is 0 Å². The second-order valence-corrected chi connectivity index (χ2v) is 7.07. The van der Waals surface area contributed by atoms with Crippen molar-refractivity contribution in [3.63, 3.8) is 0 Å². The van der Waals surface area contributed by atoms with Gasteiger partial charge >= 0.3 is 6.09 Å². The molecule has 0 aromatic heterocycles. The molecule has 3 rings (SSSR count). The highest BCUT2D eigenvalue weighted by Gasteiger charge is 2.46. The Balaban J connectivity index is 2.01. The molecule has 2 amide bonds. The molecule has 2 aromatic carbocycles. The van der Waals surface area contributed by atoms with Crippen LogP contribution in [0.25, 0.3) is 0 Å². The normalized spacial score (nSPS) is 20.3. The van der Waals surface area contributed by atoms with Crippen molar-refractivity contribution in [2.24, 2.45) is 0 Å². The predicted molar refractivity (Wildman–Crippen MR) is 94.6 cm³/mol. The third-order valence-electron chi connectivity index (χ3n) is 4.00. The van der Waals surface area contributed by atoms with Gasteiger partial charge in [0.15, 0.2) is 0 Å². The lowest BCUT2D eigenvalue weighted by molar-refractivity contribution is -0.122. The third kappa shape index (κ3) is 3.65. The van der Waals surface area contributed by atoms with Crippen LogP contribution in [0, 0.1) is 0 Å². The molecule has 1 aliphatic heterocycles. The number of benzene rings is 2. The Hall–Kier alpha value is -2.82. The number of ether oxygens (including phenoxy) is 1. The van der Waals surface area contributed by atoms with Gasteiger partial charge in [-0.1, -0.05) is 60.7 Å². The monoisotopic (exact) mass is 338 g/mol. The van der Waals surface area contributed by atoms with Crippen LogP contribution in [0.15, 0.2) is 60.7 Å². The summed E-state index contributed by atoms with van der Waals surface area (Å²) in [6.07, 6.45) is -0.562. The van der Waals surface area contributed by atoms with Crippen molar-refractivity contribution in [2.75, 3.05) is 0 Å². The molecule has 0 unspecified atom stereocenters. The average Bonchev–Trinajstić information content (AvgIpc) is 2.92. The van der Waals surface area contributed by atoms with E-state index in [1.165, 1.54) is 5.01 Å². The summed E-state index contributed by atoms with van der Waals surface area (Å²) in [6.45, 7) is 5.40.